The fourth-order valence-electron chi connectivity index (χ4n) is 2.68. The summed E-state index contributed by atoms with van der Waals surface area (Å²) in [6, 6.07) is 5.87. The number of nitrogens with zero attached hydrogens (tertiary/aromatic N) is 2. The fraction of sp³-hybridized carbons (Fsp3) is 0.130. The van der Waals surface area contributed by atoms with Crippen LogP contribution >= 0.6 is 0 Å². The molecule has 2 aromatic rings. The van der Waals surface area contributed by atoms with Gasteiger partial charge in [-0.3, -0.25) is 14.6 Å². The Balaban J connectivity index is 2.49. The molecule has 2 aromatic carbocycles. The Bertz CT molecular complexity index is 1260. The second kappa shape index (κ2) is 10.9. The summed E-state index contributed by atoms with van der Waals surface area (Å²) in [6.45, 7) is 1.65. The zero-order valence-corrected chi connectivity index (χ0v) is 18.0. The molecule has 5 N–H and O–H groups in total. The van der Waals surface area contributed by atoms with Crippen LogP contribution < -0.4 is 16.8 Å². The van der Waals surface area contributed by atoms with E-state index < -0.39 is 40.9 Å². The lowest BCUT2D eigenvalue weighted by atomic mass is 10.0. The fourth-order valence-corrected chi connectivity index (χ4v) is 2.68. The van der Waals surface area contributed by atoms with Crippen LogP contribution in [0.4, 0.5) is 17.6 Å². The number of alkyl halides is 3. The van der Waals surface area contributed by atoms with E-state index in [1.807, 2.05) is 0 Å². The number of carbonyl (C=O) groups is 2. The second-order valence-corrected chi connectivity index (χ2v) is 6.64. The van der Waals surface area contributed by atoms with E-state index in [0.29, 0.717) is 0 Å². The summed E-state index contributed by atoms with van der Waals surface area (Å²) in [5.41, 5.74) is 8.34. The number of nitrogens with two attached hydrogens (primary N) is 2. The Morgan fingerprint density at radius 1 is 1.06 bits per heavy atom. The molecule has 7 nitrogen and oxygen atoms in total. The molecule has 0 spiro atoms. The van der Waals surface area contributed by atoms with Crippen LogP contribution in [-0.4, -0.2) is 30.7 Å². The molecule has 11 heteroatoms. The highest BCUT2D eigenvalue weighted by molar-refractivity contribution is 6.11. The predicted octanol–water partition coefficient (Wildman–Crippen LogP) is 2.99. The smallest absolute Gasteiger partial charge is 0.370 e. The van der Waals surface area contributed by atoms with Gasteiger partial charge in [0, 0.05) is 23.7 Å². The lowest BCUT2D eigenvalue weighted by molar-refractivity contribution is -0.137. The van der Waals surface area contributed by atoms with Crippen LogP contribution in [0, 0.1) is 17.7 Å². The molecule has 0 radical (unpaired) electrons. The van der Waals surface area contributed by atoms with E-state index in [1.165, 1.54) is 19.2 Å². The van der Waals surface area contributed by atoms with Crippen LogP contribution in [0.3, 0.4) is 0 Å². The maximum atomic E-state index is 13.9. The van der Waals surface area contributed by atoms with Crippen molar-refractivity contribution in [3.05, 3.63) is 82.2 Å². The number of hydrogen-bond acceptors (Lipinski definition) is 3. The van der Waals surface area contributed by atoms with E-state index in [-0.39, 0.29) is 22.5 Å². The van der Waals surface area contributed by atoms with Crippen molar-refractivity contribution in [3.8, 4) is 11.8 Å². The van der Waals surface area contributed by atoms with Gasteiger partial charge in [0.1, 0.15) is 11.7 Å². The van der Waals surface area contributed by atoms with Gasteiger partial charge in [0.05, 0.1) is 11.1 Å². The Labute approximate surface area is 192 Å². The Morgan fingerprint density at radius 2 is 1.74 bits per heavy atom. The molecule has 0 aliphatic heterocycles. The van der Waals surface area contributed by atoms with Crippen molar-refractivity contribution >= 4 is 23.6 Å². The number of guanidine groups is 1. The van der Waals surface area contributed by atoms with Crippen LogP contribution in [0.5, 0.6) is 0 Å². The number of nitrogens with one attached hydrogen (secondary N) is 1. The SMILES string of the molecule is C/C=C\C(=NC)NC(=O)c1cc(C#Cc2cc(F)cc(C(=O)N=C(N)N)c2)ccc1C(F)(F)F. The first-order valence-electron chi connectivity index (χ1n) is 9.53. The molecule has 0 saturated carbocycles. The molecule has 0 atom stereocenters. The van der Waals surface area contributed by atoms with Crippen molar-refractivity contribution in [1.29, 1.82) is 0 Å². The van der Waals surface area contributed by atoms with Crippen molar-refractivity contribution in [2.45, 2.75) is 13.1 Å². The summed E-state index contributed by atoms with van der Waals surface area (Å²) in [5, 5.41) is 2.30. The van der Waals surface area contributed by atoms with E-state index in [9.17, 15) is 27.2 Å². The highest BCUT2D eigenvalue weighted by Gasteiger charge is 2.35. The molecule has 0 bridgehead atoms. The number of benzene rings is 2. The standard InChI is InChI=1S/C23H19F4N5O2/c1-3-4-19(30-2)31-21(34)17-11-13(7-8-18(17)23(25,26)27)5-6-14-9-15(12-16(24)10-14)20(33)32-22(28)29/h3-4,7-12H,1-2H3,(H,30,31,34)(H4,28,29,32,33)/b4-3-. The van der Waals surface area contributed by atoms with Crippen molar-refractivity contribution in [3.63, 3.8) is 0 Å². The average molecular weight is 473 g/mol. The third-order valence-corrected chi connectivity index (χ3v) is 4.10. The van der Waals surface area contributed by atoms with Crippen LogP contribution in [0.25, 0.3) is 0 Å². The first-order valence-corrected chi connectivity index (χ1v) is 9.53. The minimum absolute atomic E-state index is 0.0357. The predicted molar refractivity (Wildman–Crippen MR) is 120 cm³/mol. The van der Waals surface area contributed by atoms with E-state index in [1.54, 1.807) is 13.0 Å². The summed E-state index contributed by atoms with van der Waals surface area (Å²) in [6.07, 6.45) is -1.83. The number of allylic oxidation sites excluding steroid dienone is 1. The molecular formula is C23H19F4N5O2. The lowest BCUT2D eigenvalue weighted by Crippen LogP contribution is -2.31. The van der Waals surface area contributed by atoms with Gasteiger partial charge in [-0.15, -0.1) is 0 Å². The quantitative estimate of drug-likeness (QED) is 0.275. The molecule has 34 heavy (non-hydrogen) atoms. The highest BCUT2D eigenvalue weighted by atomic mass is 19.4. The second-order valence-electron chi connectivity index (χ2n) is 6.64. The van der Waals surface area contributed by atoms with Gasteiger partial charge < -0.3 is 16.8 Å². The molecule has 0 fully saturated rings. The van der Waals surface area contributed by atoms with Gasteiger partial charge in [0.25, 0.3) is 11.8 Å². The average Bonchev–Trinajstić information content (AvgIpc) is 2.75. The largest absolute Gasteiger partial charge is 0.417 e. The van der Waals surface area contributed by atoms with Gasteiger partial charge in [0.15, 0.2) is 5.96 Å². The summed E-state index contributed by atoms with van der Waals surface area (Å²) < 4.78 is 54.3. The monoisotopic (exact) mass is 473 g/mol. The zero-order valence-electron chi connectivity index (χ0n) is 18.0. The lowest BCUT2D eigenvalue weighted by Gasteiger charge is -2.13. The molecule has 0 saturated heterocycles. The number of hydrogen-bond donors (Lipinski definition) is 3. The van der Waals surface area contributed by atoms with Gasteiger partial charge in [-0.2, -0.15) is 18.2 Å². The number of carbonyl (C=O) groups excluding carboxylic acids is 2. The van der Waals surface area contributed by atoms with Gasteiger partial charge in [0.2, 0.25) is 0 Å². The third kappa shape index (κ3) is 7.03. The summed E-state index contributed by atoms with van der Waals surface area (Å²) in [4.78, 5) is 31.5. The molecule has 0 aromatic heterocycles. The molecule has 0 unspecified atom stereocenters. The Hall–Kier alpha value is -4.46. The topological polar surface area (TPSA) is 123 Å². The number of amidine groups is 1. The number of amides is 2. The van der Waals surface area contributed by atoms with Gasteiger partial charge in [-0.1, -0.05) is 17.9 Å². The molecule has 0 aliphatic carbocycles. The van der Waals surface area contributed by atoms with Gasteiger partial charge >= 0.3 is 6.18 Å². The molecule has 176 valence electrons. The van der Waals surface area contributed by atoms with Crippen molar-refractivity contribution in [2.24, 2.45) is 21.5 Å². The van der Waals surface area contributed by atoms with E-state index in [2.05, 4.69) is 27.1 Å². The first-order chi connectivity index (χ1) is 15.9. The van der Waals surface area contributed by atoms with Crippen LogP contribution in [0.1, 0.15) is 44.3 Å². The maximum Gasteiger partial charge on any atom is 0.417 e. The van der Waals surface area contributed by atoms with Crippen LogP contribution in [-0.2, 0) is 6.18 Å². The van der Waals surface area contributed by atoms with Crippen LogP contribution in [0.2, 0.25) is 0 Å². The number of halogens is 4. The van der Waals surface area contributed by atoms with Gasteiger partial charge in [-0.25, -0.2) is 4.39 Å². The minimum atomic E-state index is -4.80. The van der Waals surface area contributed by atoms with Crippen molar-refractivity contribution < 1.29 is 27.2 Å². The van der Waals surface area contributed by atoms with Crippen molar-refractivity contribution in [1.82, 2.24) is 5.32 Å². The minimum Gasteiger partial charge on any atom is -0.370 e. The van der Waals surface area contributed by atoms with E-state index in [0.717, 1.165) is 30.3 Å². The summed E-state index contributed by atoms with van der Waals surface area (Å²) in [5.74, 6) is 1.92. The Morgan fingerprint density at radius 3 is 2.32 bits per heavy atom. The normalized spacial score (nSPS) is 11.5. The number of aliphatic imine (C=N–C) groups is 2. The first kappa shape index (κ1) is 25.8. The third-order valence-electron chi connectivity index (χ3n) is 4.10. The Kier molecular flexibility index (Phi) is 8.28. The maximum absolute atomic E-state index is 13.9. The molecule has 0 aliphatic rings. The molecule has 2 amide bonds. The van der Waals surface area contributed by atoms with Crippen molar-refractivity contribution in [2.75, 3.05) is 7.05 Å². The summed E-state index contributed by atoms with van der Waals surface area (Å²) >= 11 is 0. The van der Waals surface area contributed by atoms with Crippen LogP contribution in [0.15, 0.2) is 58.5 Å². The highest BCUT2D eigenvalue weighted by Crippen LogP contribution is 2.32. The molecule has 2 rings (SSSR count). The zero-order chi connectivity index (χ0) is 25.5. The molecule has 0 heterocycles. The molecular weight excluding hydrogens is 454 g/mol. The number of rotatable bonds is 3. The summed E-state index contributed by atoms with van der Waals surface area (Å²) in [7, 11) is 1.37. The van der Waals surface area contributed by atoms with E-state index in [4.69, 9.17) is 11.5 Å². The van der Waals surface area contributed by atoms with E-state index >= 15 is 0 Å². The van der Waals surface area contributed by atoms with Gasteiger partial charge in [-0.05, 0) is 49.4 Å².